The van der Waals surface area contributed by atoms with Gasteiger partial charge in [0.15, 0.2) is 0 Å². The molecule has 2 aliphatic carbocycles. The molecule has 26 heavy (non-hydrogen) atoms. The minimum Gasteiger partial charge on any atom is -0.330 e. The first-order valence-corrected chi connectivity index (χ1v) is 11.1. The van der Waals surface area contributed by atoms with Gasteiger partial charge < -0.3 is 5.73 Å². The van der Waals surface area contributed by atoms with Gasteiger partial charge in [-0.3, -0.25) is 0 Å². The van der Waals surface area contributed by atoms with Gasteiger partial charge in [0.1, 0.15) is 0 Å². The molecule has 2 heteroatoms. The number of hydrogen-bond acceptors (Lipinski definition) is 1. The second kappa shape index (κ2) is 7.84. The number of hydrogen-bond donors (Lipinski definition) is 1. The zero-order valence-corrected chi connectivity index (χ0v) is 18.0. The Morgan fingerprint density at radius 2 is 1.73 bits per heavy atom. The maximum Gasteiger partial charge on any atom is 0.0443 e. The molecule has 0 saturated heterocycles. The third-order valence-electron chi connectivity index (χ3n) is 6.85. The van der Waals surface area contributed by atoms with Crippen LogP contribution in [0.1, 0.15) is 102 Å². The lowest BCUT2D eigenvalue weighted by Gasteiger charge is -2.45. The molecule has 0 spiro atoms. The summed E-state index contributed by atoms with van der Waals surface area (Å²) in [5.74, 6) is 2.06. The SMILES string of the molecule is CC1(C)CC(c2ccc(C3CCCC(CCN)C3)cc2Cl)CC(C)(C)C1. The molecule has 2 aliphatic rings. The quantitative estimate of drug-likeness (QED) is 0.587. The number of nitrogens with two attached hydrogens (primary N) is 1. The van der Waals surface area contributed by atoms with Crippen LogP contribution in [0.15, 0.2) is 18.2 Å². The first kappa shape index (κ1) is 20.2. The van der Waals surface area contributed by atoms with Crippen LogP contribution in [0.2, 0.25) is 5.02 Å². The van der Waals surface area contributed by atoms with Crippen LogP contribution in [0.5, 0.6) is 0 Å². The lowest BCUT2D eigenvalue weighted by Crippen LogP contribution is -2.33. The molecule has 0 bridgehead atoms. The first-order chi connectivity index (χ1) is 12.2. The van der Waals surface area contributed by atoms with E-state index in [1.807, 2.05) is 0 Å². The Hall–Kier alpha value is -0.530. The van der Waals surface area contributed by atoms with Crippen LogP contribution < -0.4 is 5.73 Å². The summed E-state index contributed by atoms with van der Waals surface area (Å²) in [4.78, 5) is 0. The molecule has 0 radical (unpaired) electrons. The van der Waals surface area contributed by atoms with Crippen molar-refractivity contribution >= 4 is 11.6 Å². The van der Waals surface area contributed by atoms with Crippen LogP contribution in [0.3, 0.4) is 0 Å². The molecule has 1 aromatic carbocycles. The van der Waals surface area contributed by atoms with Gasteiger partial charge in [0, 0.05) is 5.02 Å². The molecular formula is C24H38ClN. The highest BCUT2D eigenvalue weighted by Crippen LogP contribution is 2.53. The number of benzene rings is 1. The van der Waals surface area contributed by atoms with E-state index in [2.05, 4.69) is 45.9 Å². The van der Waals surface area contributed by atoms with Crippen molar-refractivity contribution in [3.63, 3.8) is 0 Å². The highest BCUT2D eigenvalue weighted by atomic mass is 35.5. The zero-order valence-electron chi connectivity index (χ0n) is 17.3. The third kappa shape index (κ3) is 4.84. The molecule has 2 unspecified atom stereocenters. The molecule has 2 fully saturated rings. The minimum absolute atomic E-state index is 0.396. The Morgan fingerprint density at radius 3 is 2.35 bits per heavy atom. The number of rotatable bonds is 4. The molecule has 3 rings (SSSR count). The smallest absolute Gasteiger partial charge is 0.0443 e. The Morgan fingerprint density at radius 1 is 1.04 bits per heavy atom. The highest BCUT2D eigenvalue weighted by molar-refractivity contribution is 6.31. The van der Waals surface area contributed by atoms with Gasteiger partial charge in [-0.15, -0.1) is 0 Å². The highest BCUT2D eigenvalue weighted by Gasteiger charge is 2.39. The van der Waals surface area contributed by atoms with Crippen molar-refractivity contribution in [1.29, 1.82) is 0 Å². The Bertz CT molecular complexity index is 601. The topological polar surface area (TPSA) is 26.0 Å². The molecule has 0 aromatic heterocycles. The van der Waals surface area contributed by atoms with Crippen LogP contribution in [0.25, 0.3) is 0 Å². The zero-order chi connectivity index (χ0) is 18.9. The predicted molar refractivity (Wildman–Crippen MR) is 114 cm³/mol. The standard InChI is InChI=1S/C24H38ClN/c1-23(2)14-20(15-24(3,4)16-23)21-9-8-19(13-22(21)25)18-7-5-6-17(12-18)10-11-26/h8-9,13,17-18,20H,5-7,10-12,14-16,26H2,1-4H3. The summed E-state index contributed by atoms with van der Waals surface area (Å²) in [6.07, 6.45) is 10.3. The van der Waals surface area contributed by atoms with Crippen LogP contribution >= 0.6 is 11.6 Å². The van der Waals surface area contributed by atoms with E-state index in [0.29, 0.717) is 22.7 Å². The van der Waals surface area contributed by atoms with Crippen molar-refractivity contribution in [2.45, 2.75) is 90.9 Å². The van der Waals surface area contributed by atoms with Crippen LogP contribution in [-0.4, -0.2) is 6.54 Å². The molecule has 0 heterocycles. The van der Waals surface area contributed by atoms with Crippen molar-refractivity contribution in [1.82, 2.24) is 0 Å². The van der Waals surface area contributed by atoms with E-state index in [-0.39, 0.29) is 0 Å². The second-order valence-corrected chi connectivity index (χ2v) is 11.1. The van der Waals surface area contributed by atoms with Gasteiger partial charge >= 0.3 is 0 Å². The summed E-state index contributed by atoms with van der Waals surface area (Å²) < 4.78 is 0. The van der Waals surface area contributed by atoms with Crippen molar-refractivity contribution in [2.75, 3.05) is 6.54 Å². The second-order valence-electron chi connectivity index (χ2n) is 10.7. The maximum absolute atomic E-state index is 6.85. The fraction of sp³-hybridized carbons (Fsp3) is 0.750. The molecule has 1 nitrogen and oxygen atoms in total. The average Bonchev–Trinajstić information content (AvgIpc) is 2.52. The van der Waals surface area contributed by atoms with Gasteiger partial charge in [-0.05, 0) is 90.8 Å². The summed E-state index contributed by atoms with van der Waals surface area (Å²) in [6.45, 7) is 10.5. The number of halogens is 1. The summed E-state index contributed by atoms with van der Waals surface area (Å²) in [5, 5.41) is 1.00. The molecule has 0 aliphatic heterocycles. The normalized spacial score (nSPS) is 28.8. The van der Waals surface area contributed by atoms with Crippen molar-refractivity contribution < 1.29 is 0 Å². The van der Waals surface area contributed by atoms with Gasteiger partial charge in [0.2, 0.25) is 0 Å². The van der Waals surface area contributed by atoms with E-state index in [4.69, 9.17) is 17.3 Å². The lowest BCUT2D eigenvalue weighted by atomic mass is 9.60. The van der Waals surface area contributed by atoms with Crippen LogP contribution in [0, 0.1) is 16.7 Å². The van der Waals surface area contributed by atoms with E-state index in [0.717, 1.165) is 17.5 Å². The Labute approximate surface area is 166 Å². The molecule has 0 amide bonds. The monoisotopic (exact) mass is 375 g/mol. The average molecular weight is 376 g/mol. The largest absolute Gasteiger partial charge is 0.330 e. The fourth-order valence-electron chi connectivity index (χ4n) is 6.29. The first-order valence-electron chi connectivity index (χ1n) is 10.7. The third-order valence-corrected chi connectivity index (χ3v) is 7.18. The van der Waals surface area contributed by atoms with Crippen molar-refractivity contribution in [2.24, 2.45) is 22.5 Å². The Balaban J connectivity index is 1.77. The minimum atomic E-state index is 0.396. The molecule has 2 saturated carbocycles. The van der Waals surface area contributed by atoms with E-state index in [1.165, 1.54) is 62.5 Å². The van der Waals surface area contributed by atoms with Gasteiger partial charge in [-0.2, -0.15) is 0 Å². The molecular weight excluding hydrogens is 338 g/mol. The predicted octanol–water partition coefficient (Wildman–Crippen LogP) is 7.28. The lowest BCUT2D eigenvalue weighted by molar-refractivity contribution is 0.0969. The van der Waals surface area contributed by atoms with Crippen molar-refractivity contribution in [3.05, 3.63) is 34.3 Å². The maximum atomic E-state index is 6.85. The molecule has 2 N–H and O–H groups in total. The van der Waals surface area contributed by atoms with E-state index >= 15 is 0 Å². The Kier molecular flexibility index (Phi) is 6.09. The van der Waals surface area contributed by atoms with Crippen LogP contribution in [-0.2, 0) is 0 Å². The summed E-state index contributed by atoms with van der Waals surface area (Å²) in [5.41, 5.74) is 9.42. The summed E-state index contributed by atoms with van der Waals surface area (Å²) in [6, 6.07) is 7.03. The van der Waals surface area contributed by atoms with Crippen LogP contribution in [0.4, 0.5) is 0 Å². The van der Waals surface area contributed by atoms with E-state index in [1.54, 1.807) is 0 Å². The molecule has 1 aromatic rings. The fourth-order valence-corrected chi connectivity index (χ4v) is 6.63. The molecule has 146 valence electrons. The van der Waals surface area contributed by atoms with Gasteiger partial charge in [0.25, 0.3) is 0 Å². The van der Waals surface area contributed by atoms with E-state index < -0.39 is 0 Å². The molecule has 2 atom stereocenters. The van der Waals surface area contributed by atoms with Gasteiger partial charge in [0.05, 0.1) is 0 Å². The summed E-state index contributed by atoms with van der Waals surface area (Å²) in [7, 11) is 0. The summed E-state index contributed by atoms with van der Waals surface area (Å²) >= 11 is 6.85. The van der Waals surface area contributed by atoms with Gasteiger partial charge in [-0.1, -0.05) is 64.3 Å². The van der Waals surface area contributed by atoms with Crippen molar-refractivity contribution in [3.8, 4) is 0 Å². The van der Waals surface area contributed by atoms with E-state index in [9.17, 15) is 0 Å². The van der Waals surface area contributed by atoms with Gasteiger partial charge in [-0.25, -0.2) is 0 Å².